The summed E-state index contributed by atoms with van der Waals surface area (Å²) >= 11 is 2.70. The molecule has 0 nitrogen and oxygen atoms in total. The van der Waals surface area contributed by atoms with Crippen molar-refractivity contribution in [1.82, 2.24) is 0 Å². The van der Waals surface area contributed by atoms with E-state index in [-0.39, 0.29) is 0 Å². The van der Waals surface area contributed by atoms with Gasteiger partial charge in [-0.2, -0.15) is 0 Å². The Bertz CT molecular complexity index is 249. The maximum absolute atomic E-state index is 2.36. The van der Waals surface area contributed by atoms with Crippen LogP contribution in [0.5, 0.6) is 0 Å². The predicted molar refractivity (Wildman–Crippen MR) is 55.4 cm³/mol. The van der Waals surface area contributed by atoms with Gasteiger partial charge in [-0.1, -0.05) is 0 Å². The van der Waals surface area contributed by atoms with Crippen molar-refractivity contribution in [3.63, 3.8) is 0 Å². The Morgan fingerprint density at radius 3 is 2.50 bits per heavy atom. The molecule has 1 fully saturated rings. The van der Waals surface area contributed by atoms with Gasteiger partial charge < -0.3 is 0 Å². The van der Waals surface area contributed by atoms with Crippen LogP contribution in [0.3, 0.4) is 0 Å². The molecule has 0 aliphatic heterocycles. The zero-order valence-corrected chi connectivity index (χ0v) is 11.1. The first-order valence-electron chi connectivity index (χ1n) is 4.19. The number of hydrogen-bond acceptors (Lipinski definition) is 0. The van der Waals surface area contributed by atoms with Crippen LogP contribution in [0.15, 0.2) is 24.3 Å². The minimum absolute atomic E-state index is 0.333. The summed E-state index contributed by atoms with van der Waals surface area (Å²) in [5.41, 5.74) is 0. The molecule has 1 aromatic carbocycles. The molecule has 2 heteroatoms. The summed E-state index contributed by atoms with van der Waals surface area (Å²) in [6.07, 6.45) is 3.01. The summed E-state index contributed by atoms with van der Waals surface area (Å²) in [6, 6.07) is 9.06. The third-order valence-corrected chi connectivity index (χ3v) is 5.96. The van der Waals surface area contributed by atoms with Gasteiger partial charge in [0.15, 0.2) is 0 Å². The van der Waals surface area contributed by atoms with Gasteiger partial charge in [0, 0.05) is 0 Å². The van der Waals surface area contributed by atoms with Gasteiger partial charge in [-0.3, -0.25) is 0 Å². The summed E-state index contributed by atoms with van der Waals surface area (Å²) in [5, 5.41) is 0. The Morgan fingerprint density at radius 1 is 1.25 bits per heavy atom. The quantitative estimate of drug-likeness (QED) is 0.507. The van der Waals surface area contributed by atoms with Gasteiger partial charge in [0.1, 0.15) is 0 Å². The third-order valence-electron chi connectivity index (χ3n) is 1.95. The van der Waals surface area contributed by atoms with Gasteiger partial charge in [0.2, 0.25) is 0 Å². The molecular weight excluding hydrogens is 374 g/mol. The summed E-state index contributed by atoms with van der Waals surface area (Å²) < 4.78 is 4.48. The number of hydrogen-bond donors (Lipinski definition) is 0. The molecule has 0 unspecified atom stereocenters. The number of rotatable bonds is 3. The molecule has 0 atom stereocenters. The van der Waals surface area contributed by atoms with Crippen LogP contribution in [0.2, 0.25) is 0 Å². The van der Waals surface area contributed by atoms with Crippen molar-refractivity contribution in [3.8, 4) is 0 Å². The molecule has 66 valence electrons. The van der Waals surface area contributed by atoms with Crippen molar-refractivity contribution < 1.29 is 21.2 Å². The Morgan fingerprint density at radius 2 is 1.92 bits per heavy atom. The van der Waals surface area contributed by atoms with E-state index in [4.69, 9.17) is 0 Å². The molecule has 1 saturated carbocycles. The molecule has 0 spiro atoms. The van der Waals surface area contributed by atoms with Crippen molar-refractivity contribution in [3.05, 3.63) is 31.4 Å². The molecule has 0 heterocycles. The zero-order valence-electron chi connectivity index (χ0n) is 6.76. The van der Waals surface area contributed by atoms with E-state index >= 15 is 0 Å². The molecule has 0 radical (unpaired) electrons. The molecule has 0 N–H and O–H groups in total. The van der Waals surface area contributed by atoms with Crippen molar-refractivity contribution in [2.24, 2.45) is 5.92 Å². The first-order valence-corrected chi connectivity index (χ1v) is 7.87. The van der Waals surface area contributed by atoms with E-state index in [1.165, 1.54) is 20.8 Å². The summed E-state index contributed by atoms with van der Waals surface area (Å²) in [4.78, 5) is 0. The van der Waals surface area contributed by atoms with E-state index in [1.807, 2.05) is 0 Å². The fourth-order valence-corrected chi connectivity index (χ4v) is 4.23. The topological polar surface area (TPSA) is 0 Å². The average molecular weight is 385 g/mol. The van der Waals surface area contributed by atoms with Crippen molar-refractivity contribution >= 4 is 22.6 Å². The summed E-state index contributed by atoms with van der Waals surface area (Å²) in [7, 11) is 0. The first kappa shape index (κ1) is 9.24. The van der Waals surface area contributed by atoms with Crippen LogP contribution in [-0.4, -0.2) is 4.43 Å². The average Bonchev–Trinajstić information content (AvgIpc) is 2.87. The van der Waals surface area contributed by atoms with Crippen molar-refractivity contribution in [2.75, 3.05) is 4.43 Å². The molecular formula is C10H11I2-. The van der Waals surface area contributed by atoms with E-state index in [1.54, 1.807) is 3.57 Å². The van der Waals surface area contributed by atoms with Gasteiger partial charge in [0.05, 0.1) is 0 Å². The number of benzene rings is 1. The Labute approximate surface area is 97.5 Å². The minimum atomic E-state index is 0.333. The van der Waals surface area contributed by atoms with Crippen molar-refractivity contribution in [2.45, 2.75) is 12.8 Å². The van der Waals surface area contributed by atoms with Crippen LogP contribution in [0.1, 0.15) is 12.8 Å². The fraction of sp³-hybridized carbons (Fsp3) is 0.400. The normalized spacial score (nSPS) is 16.8. The third kappa shape index (κ3) is 2.87. The van der Waals surface area contributed by atoms with E-state index < -0.39 is 0 Å². The van der Waals surface area contributed by atoms with Gasteiger partial charge in [-0.15, -0.1) is 0 Å². The van der Waals surface area contributed by atoms with Crippen LogP contribution in [0.25, 0.3) is 0 Å². The van der Waals surface area contributed by atoms with Gasteiger partial charge >= 0.3 is 98.4 Å². The van der Waals surface area contributed by atoms with Crippen LogP contribution >= 0.6 is 22.6 Å². The Kier molecular flexibility index (Phi) is 3.28. The molecule has 1 aromatic rings. The molecule has 0 bridgehead atoms. The molecule has 0 saturated heterocycles. The van der Waals surface area contributed by atoms with Gasteiger partial charge in [-0.25, -0.2) is 0 Å². The van der Waals surface area contributed by atoms with E-state index in [0.717, 1.165) is 5.92 Å². The SMILES string of the molecule is Ic1ccc([I-]CC2CC2)cc1. The second kappa shape index (κ2) is 4.26. The molecule has 1 aliphatic carbocycles. The van der Waals surface area contributed by atoms with Crippen LogP contribution in [0, 0.1) is 13.1 Å². The van der Waals surface area contributed by atoms with E-state index in [0.29, 0.717) is 21.2 Å². The maximum atomic E-state index is 2.36. The van der Waals surface area contributed by atoms with Crippen LogP contribution < -0.4 is 21.2 Å². The molecule has 12 heavy (non-hydrogen) atoms. The van der Waals surface area contributed by atoms with Gasteiger partial charge in [0.25, 0.3) is 0 Å². The molecule has 1 aliphatic rings. The Balaban J connectivity index is 1.89. The zero-order chi connectivity index (χ0) is 8.39. The summed E-state index contributed by atoms with van der Waals surface area (Å²) in [5.74, 6) is 1.11. The van der Waals surface area contributed by atoms with Crippen molar-refractivity contribution in [1.29, 1.82) is 0 Å². The summed E-state index contributed by atoms with van der Waals surface area (Å²) in [6.45, 7) is 0. The molecule has 0 amide bonds. The number of halogens is 2. The fourth-order valence-electron chi connectivity index (χ4n) is 0.989. The van der Waals surface area contributed by atoms with E-state index in [2.05, 4.69) is 46.9 Å². The van der Waals surface area contributed by atoms with Crippen LogP contribution in [-0.2, 0) is 0 Å². The van der Waals surface area contributed by atoms with E-state index in [9.17, 15) is 0 Å². The monoisotopic (exact) mass is 385 g/mol. The standard InChI is InChI=1S/C10H11I2/c11-9-3-5-10(6-4-9)12-7-8-1-2-8/h3-6,8H,1-2,7H2/q-1. The second-order valence-electron chi connectivity index (χ2n) is 3.17. The predicted octanol–water partition coefficient (Wildman–Crippen LogP) is -0.0402. The Hall–Kier alpha value is 0.680. The number of alkyl halides is 1. The second-order valence-corrected chi connectivity index (χ2v) is 7.30. The molecule has 2 rings (SSSR count). The van der Waals surface area contributed by atoms with Crippen LogP contribution in [0.4, 0.5) is 0 Å². The van der Waals surface area contributed by atoms with Gasteiger partial charge in [-0.05, 0) is 0 Å². The first-order chi connectivity index (χ1) is 5.84. The molecule has 0 aromatic heterocycles.